The molecule has 1 aliphatic rings. The van der Waals surface area contributed by atoms with Gasteiger partial charge in [-0.05, 0) is 54.5 Å². The molecule has 5 aromatic rings. The number of aromatic nitrogens is 1. The van der Waals surface area contributed by atoms with E-state index in [1.165, 1.54) is 12.1 Å². The minimum Gasteiger partial charge on any atom is -0.454 e. The van der Waals surface area contributed by atoms with Crippen molar-refractivity contribution in [3.05, 3.63) is 89.4 Å². The van der Waals surface area contributed by atoms with Gasteiger partial charge in [-0.1, -0.05) is 49.2 Å². The number of nitriles is 1. The fraction of sp³-hybridized carbons (Fsp3) is 0.226. The molecule has 0 radical (unpaired) electrons. The van der Waals surface area contributed by atoms with Crippen molar-refractivity contribution in [2.24, 2.45) is 7.05 Å². The smallest absolute Gasteiger partial charge is 0.219 e. The van der Waals surface area contributed by atoms with Crippen molar-refractivity contribution in [2.75, 3.05) is 0 Å². The summed E-state index contributed by atoms with van der Waals surface area (Å²) >= 11 is 0. The zero-order chi connectivity index (χ0) is 25.0. The van der Waals surface area contributed by atoms with Gasteiger partial charge >= 0.3 is 0 Å². The monoisotopic (exact) mass is 462 g/mol. The van der Waals surface area contributed by atoms with Crippen molar-refractivity contribution in [3.8, 4) is 28.5 Å². The lowest BCUT2D eigenvalue weighted by Crippen LogP contribution is -2.30. The Kier molecular flexibility index (Phi) is 4.87. The third-order valence-electron chi connectivity index (χ3n) is 7.30. The number of halogens is 1. The number of aryl methyl sites for hydroxylation is 2. The van der Waals surface area contributed by atoms with E-state index in [2.05, 4.69) is 6.07 Å². The van der Waals surface area contributed by atoms with Gasteiger partial charge in [0.2, 0.25) is 5.69 Å². The molecule has 4 heteroatoms. The van der Waals surface area contributed by atoms with Crippen LogP contribution in [0.2, 0.25) is 0 Å². The van der Waals surface area contributed by atoms with Gasteiger partial charge in [0.1, 0.15) is 24.0 Å². The zero-order valence-corrected chi connectivity index (χ0v) is 19.9. The standard InChI is InChI=1S/C31H26FN2O/c1-19-7-13-25-26-14-12-23(18-33)29(22-10-8-21(9-11-22)20-5-3-4-6-20)31(26)35-30(25)28(19)27-17-24(32)15-16-34(27)2/h7-17,20H,3-6H2,1-2H3/q+1/i20D. The second-order valence-corrected chi connectivity index (χ2v) is 9.44. The van der Waals surface area contributed by atoms with Crippen LogP contribution in [-0.4, -0.2) is 0 Å². The molecule has 0 N–H and O–H groups in total. The molecule has 0 unspecified atom stereocenters. The van der Waals surface area contributed by atoms with Crippen molar-refractivity contribution in [1.82, 2.24) is 0 Å². The van der Waals surface area contributed by atoms with Crippen LogP contribution >= 0.6 is 0 Å². The van der Waals surface area contributed by atoms with Crippen LogP contribution in [0.1, 0.15) is 49.6 Å². The normalized spacial score (nSPS) is 15.4. The Hall–Kier alpha value is -3.97. The average molecular weight is 463 g/mol. The van der Waals surface area contributed by atoms with Crippen LogP contribution in [0, 0.1) is 24.1 Å². The first-order valence-electron chi connectivity index (χ1n) is 12.5. The Morgan fingerprint density at radius 2 is 1.66 bits per heavy atom. The van der Waals surface area contributed by atoms with E-state index in [4.69, 9.17) is 5.79 Å². The molecule has 3 nitrogen and oxygen atoms in total. The molecule has 0 aliphatic heterocycles. The number of hydrogen-bond donors (Lipinski definition) is 0. The number of pyridine rings is 1. The van der Waals surface area contributed by atoms with Crippen LogP contribution in [-0.2, 0) is 7.05 Å². The number of nitrogens with zero attached hydrogens (tertiary/aromatic N) is 2. The number of benzene rings is 3. The topological polar surface area (TPSA) is 40.8 Å². The van der Waals surface area contributed by atoms with E-state index < -0.39 is 5.89 Å². The van der Waals surface area contributed by atoms with Crippen molar-refractivity contribution in [2.45, 2.75) is 38.5 Å². The second kappa shape index (κ2) is 8.36. The molecule has 1 aliphatic carbocycles. The first-order chi connectivity index (χ1) is 17.4. The molecule has 35 heavy (non-hydrogen) atoms. The van der Waals surface area contributed by atoms with Gasteiger partial charge in [0, 0.05) is 29.8 Å². The van der Waals surface area contributed by atoms with Gasteiger partial charge in [0.15, 0.2) is 6.20 Å². The summed E-state index contributed by atoms with van der Waals surface area (Å²) in [6.07, 6.45) is 5.65. The average Bonchev–Trinajstić information content (AvgIpc) is 3.49. The van der Waals surface area contributed by atoms with E-state index >= 15 is 0 Å². The molecule has 3 aromatic carbocycles. The number of furan rings is 1. The maximum Gasteiger partial charge on any atom is 0.219 e. The fourth-order valence-corrected chi connectivity index (χ4v) is 5.46. The molecule has 0 amide bonds. The predicted octanol–water partition coefficient (Wildman–Crippen LogP) is 7.72. The van der Waals surface area contributed by atoms with Gasteiger partial charge < -0.3 is 4.42 Å². The second-order valence-electron chi connectivity index (χ2n) is 9.44. The fourth-order valence-electron chi connectivity index (χ4n) is 5.46. The van der Waals surface area contributed by atoms with Gasteiger partial charge in [0.25, 0.3) is 0 Å². The lowest BCUT2D eigenvalue weighted by molar-refractivity contribution is -0.660. The van der Waals surface area contributed by atoms with Gasteiger partial charge in [-0.15, -0.1) is 0 Å². The molecule has 2 heterocycles. The molecule has 0 saturated heterocycles. The highest BCUT2D eigenvalue weighted by Gasteiger charge is 2.24. The van der Waals surface area contributed by atoms with Gasteiger partial charge in [0.05, 0.1) is 17.2 Å². The van der Waals surface area contributed by atoms with Gasteiger partial charge in [-0.25, -0.2) is 8.96 Å². The summed E-state index contributed by atoms with van der Waals surface area (Å²) in [5, 5.41) is 11.8. The van der Waals surface area contributed by atoms with E-state index in [0.717, 1.165) is 70.0 Å². The molecule has 1 saturated carbocycles. The summed E-state index contributed by atoms with van der Waals surface area (Å²) in [6, 6.07) is 21.2. The molecule has 1 fully saturated rings. The Morgan fingerprint density at radius 1 is 0.971 bits per heavy atom. The van der Waals surface area contributed by atoms with E-state index in [1.54, 1.807) is 6.20 Å². The minimum atomic E-state index is -0.519. The van der Waals surface area contributed by atoms with Gasteiger partial charge in [-0.3, -0.25) is 0 Å². The molecule has 2 aromatic heterocycles. The lowest BCUT2D eigenvalue weighted by atomic mass is 9.92. The molecule has 0 spiro atoms. The third kappa shape index (κ3) is 3.51. The largest absolute Gasteiger partial charge is 0.454 e. The summed E-state index contributed by atoms with van der Waals surface area (Å²) in [5.74, 6) is -0.827. The Labute approximate surface area is 205 Å². The summed E-state index contributed by atoms with van der Waals surface area (Å²) < 4.78 is 31.5. The summed E-state index contributed by atoms with van der Waals surface area (Å²) in [4.78, 5) is 0. The number of rotatable bonds is 3. The molecule has 6 rings (SSSR count). The lowest BCUT2D eigenvalue weighted by Gasteiger charge is -2.11. The Bertz CT molecular complexity index is 1690. The highest BCUT2D eigenvalue weighted by molar-refractivity contribution is 6.14. The number of fused-ring (bicyclic) bond motifs is 3. The maximum absolute atomic E-state index is 14.2. The van der Waals surface area contributed by atoms with E-state index in [0.29, 0.717) is 16.7 Å². The zero-order valence-electron chi connectivity index (χ0n) is 20.9. The quantitative estimate of drug-likeness (QED) is 0.258. The Balaban J connectivity index is 1.60. The summed E-state index contributed by atoms with van der Waals surface area (Å²) in [6.45, 7) is 1.99. The highest BCUT2D eigenvalue weighted by Crippen LogP contribution is 2.42. The van der Waals surface area contributed by atoms with Crippen molar-refractivity contribution in [1.29, 1.82) is 5.26 Å². The predicted molar refractivity (Wildman–Crippen MR) is 136 cm³/mol. The van der Waals surface area contributed by atoms with E-state index in [9.17, 15) is 9.65 Å². The SMILES string of the molecule is [2H]C1(c2ccc(-c3c(C#N)ccc4c3oc3c(-c5cc(F)cc[n+]5C)c(C)ccc34)cc2)CCCC1. The number of hydrogen-bond acceptors (Lipinski definition) is 2. The van der Waals surface area contributed by atoms with Crippen molar-refractivity contribution < 1.29 is 14.7 Å². The first kappa shape index (κ1) is 20.4. The van der Waals surface area contributed by atoms with Gasteiger partial charge in [-0.2, -0.15) is 5.26 Å². The third-order valence-corrected chi connectivity index (χ3v) is 7.30. The van der Waals surface area contributed by atoms with Crippen LogP contribution in [0.4, 0.5) is 4.39 Å². The molecule has 172 valence electrons. The molecule has 0 atom stereocenters. The highest BCUT2D eigenvalue weighted by atomic mass is 19.1. The van der Waals surface area contributed by atoms with Crippen LogP contribution in [0.25, 0.3) is 44.3 Å². The van der Waals surface area contributed by atoms with Crippen molar-refractivity contribution in [3.63, 3.8) is 0 Å². The van der Waals surface area contributed by atoms with Crippen LogP contribution in [0.5, 0.6) is 0 Å². The van der Waals surface area contributed by atoms with E-state index in [-0.39, 0.29) is 5.82 Å². The van der Waals surface area contributed by atoms with Crippen LogP contribution in [0.3, 0.4) is 0 Å². The van der Waals surface area contributed by atoms with E-state index in [1.807, 2.05) is 67.1 Å². The maximum atomic E-state index is 14.2. The van der Waals surface area contributed by atoms with Crippen LogP contribution < -0.4 is 4.57 Å². The summed E-state index contributed by atoms with van der Waals surface area (Å²) in [7, 11) is 1.89. The van der Waals surface area contributed by atoms with Crippen LogP contribution in [0.15, 0.2) is 71.3 Å². The molecule has 0 bridgehead atoms. The first-order valence-corrected chi connectivity index (χ1v) is 12.0. The minimum absolute atomic E-state index is 0.308. The molecular formula is C31H26FN2O+. The Morgan fingerprint density at radius 3 is 2.37 bits per heavy atom. The van der Waals surface area contributed by atoms with Crippen molar-refractivity contribution >= 4 is 21.9 Å². The summed E-state index contributed by atoms with van der Waals surface area (Å²) in [5.41, 5.74) is 7.04. The molecular weight excluding hydrogens is 435 g/mol.